The third kappa shape index (κ3) is 13.3. The molecule has 0 unspecified atom stereocenters. The van der Waals surface area contributed by atoms with Crippen molar-refractivity contribution in [3.8, 4) is 0 Å². The molecule has 1 radical (unpaired) electrons. The topological polar surface area (TPSA) is 0 Å². The molecule has 0 heterocycles. The van der Waals surface area contributed by atoms with Crippen LogP contribution in [-0.2, 0) is 0 Å². The van der Waals surface area contributed by atoms with Gasteiger partial charge in [0, 0.05) is 0 Å². The first-order valence-electron chi connectivity index (χ1n) is 7.83. The van der Waals surface area contributed by atoms with Gasteiger partial charge in [0.15, 0.2) is 0 Å². The summed E-state index contributed by atoms with van der Waals surface area (Å²) in [5.74, 6) is 0. The summed E-state index contributed by atoms with van der Waals surface area (Å²) in [4.78, 5) is 0. The zero-order valence-corrected chi connectivity index (χ0v) is 16.9. The summed E-state index contributed by atoms with van der Waals surface area (Å²) in [5, 5.41) is 0. The Hall–Kier alpha value is 1.02. The van der Waals surface area contributed by atoms with Gasteiger partial charge in [-0.25, -0.2) is 0 Å². The summed E-state index contributed by atoms with van der Waals surface area (Å²) in [6, 6.07) is 1.56. The van der Waals surface area contributed by atoms with Gasteiger partial charge in [0.1, 0.15) is 0 Å². The second-order valence-corrected chi connectivity index (χ2v) is 20.9. The molecule has 0 amide bonds. The normalized spacial score (nSPS) is 12.4. The van der Waals surface area contributed by atoms with E-state index in [1.807, 2.05) is 0 Å². The summed E-state index contributed by atoms with van der Waals surface area (Å²) in [7, 11) is -0.758. The predicted molar refractivity (Wildman–Crippen MR) is 87.4 cm³/mol. The van der Waals surface area contributed by atoms with E-state index in [9.17, 15) is 0 Å². The summed E-state index contributed by atoms with van der Waals surface area (Å²) in [6.45, 7) is 12.3. The third-order valence-electron chi connectivity index (χ3n) is 3.47. The predicted octanol–water partition coefficient (Wildman–Crippen LogP) is 6.20. The average Bonchev–Trinajstić information content (AvgIpc) is 2.25. The van der Waals surface area contributed by atoms with Crippen molar-refractivity contribution < 1.29 is 0 Å². The van der Waals surface area contributed by atoms with Gasteiger partial charge in [-0.05, 0) is 0 Å². The molecule has 0 N–H and O–H groups in total. The SMILES string of the molecule is CCC[CH2][Sn]([CH2]CCC)[CH2]CCC[Si](C)(C)C. The Labute approximate surface area is 119 Å². The molecule has 103 valence electrons. The van der Waals surface area contributed by atoms with Gasteiger partial charge in [-0.2, -0.15) is 0 Å². The molecule has 0 aliphatic carbocycles. The summed E-state index contributed by atoms with van der Waals surface area (Å²) >= 11 is -0.912. The zero-order valence-electron chi connectivity index (χ0n) is 13.1. The molecule has 0 aromatic rings. The number of unbranched alkanes of at least 4 members (excludes halogenated alkanes) is 3. The molecular weight excluding hydrogens is 327 g/mol. The van der Waals surface area contributed by atoms with E-state index in [0.29, 0.717) is 0 Å². The molecule has 2 heteroatoms. The number of rotatable bonds is 11. The van der Waals surface area contributed by atoms with Crippen LogP contribution < -0.4 is 0 Å². The van der Waals surface area contributed by atoms with Crippen LogP contribution in [0.15, 0.2) is 0 Å². The Morgan fingerprint density at radius 2 is 1.18 bits per heavy atom. The van der Waals surface area contributed by atoms with Crippen molar-refractivity contribution >= 4 is 27.8 Å². The van der Waals surface area contributed by atoms with Crippen molar-refractivity contribution in [3.63, 3.8) is 0 Å². The van der Waals surface area contributed by atoms with Gasteiger partial charge >= 0.3 is 119 Å². The molecule has 0 nitrogen and oxygen atoms in total. The van der Waals surface area contributed by atoms with E-state index in [4.69, 9.17) is 0 Å². The summed E-state index contributed by atoms with van der Waals surface area (Å²) in [6.07, 6.45) is 9.03. The molecule has 0 aliphatic heterocycles. The molecule has 0 saturated carbocycles. The van der Waals surface area contributed by atoms with Crippen molar-refractivity contribution in [2.45, 2.75) is 91.4 Å². The molecule has 0 bridgehead atoms. The Balaban J connectivity index is 3.66. The van der Waals surface area contributed by atoms with Crippen molar-refractivity contribution in [3.05, 3.63) is 0 Å². The van der Waals surface area contributed by atoms with Crippen molar-refractivity contribution in [1.82, 2.24) is 0 Å². The van der Waals surface area contributed by atoms with Crippen LogP contribution in [0.3, 0.4) is 0 Å². The molecule has 17 heavy (non-hydrogen) atoms. The first-order valence-corrected chi connectivity index (χ1v) is 17.6. The van der Waals surface area contributed by atoms with Gasteiger partial charge in [-0.15, -0.1) is 0 Å². The van der Waals surface area contributed by atoms with Crippen molar-refractivity contribution in [2.24, 2.45) is 0 Å². The summed E-state index contributed by atoms with van der Waals surface area (Å²) in [5.41, 5.74) is 0. The fourth-order valence-electron chi connectivity index (χ4n) is 2.26. The first kappa shape index (κ1) is 18.0. The van der Waals surface area contributed by atoms with E-state index in [1.165, 1.54) is 32.1 Å². The van der Waals surface area contributed by atoms with Crippen LogP contribution in [0.25, 0.3) is 0 Å². The monoisotopic (exact) mass is 363 g/mol. The Morgan fingerprint density at radius 3 is 1.59 bits per heavy atom. The van der Waals surface area contributed by atoms with Crippen LogP contribution in [0.5, 0.6) is 0 Å². The quantitative estimate of drug-likeness (QED) is 0.303. The van der Waals surface area contributed by atoms with E-state index >= 15 is 0 Å². The molecule has 0 fully saturated rings. The van der Waals surface area contributed by atoms with Crippen LogP contribution in [0.2, 0.25) is 39.0 Å². The second-order valence-electron chi connectivity index (χ2n) is 6.72. The van der Waals surface area contributed by atoms with E-state index < -0.39 is 27.8 Å². The van der Waals surface area contributed by atoms with Gasteiger partial charge in [-0.3, -0.25) is 0 Å². The molecule has 0 saturated heterocycles. The molecule has 0 aromatic heterocycles. The van der Waals surface area contributed by atoms with E-state index in [1.54, 1.807) is 25.8 Å². The maximum atomic E-state index is 2.51. The van der Waals surface area contributed by atoms with E-state index in [2.05, 4.69) is 33.5 Å². The second kappa shape index (κ2) is 10.9. The van der Waals surface area contributed by atoms with Crippen LogP contribution in [0, 0.1) is 0 Å². The molecular formula is C15H35SiSn. The fourth-order valence-corrected chi connectivity index (χ4v) is 12.7. The molecule has 0 aliphatic rings. The minimum atomic E-state index is -0.912. The number of hydrogen-bond acceptors (Lipinski definition) is 0. The first-order chi connectivity index (χ1) is 7.99. The molecule has 0 aromatic carbocycles. The fraction of sp³-hybridized carbons (Fsp3) is 1.00. The standard InChI is InChI=1S/C7H17Si.2C4H9.Sn/c1-5-6-7-8(2,3)4;2*1-3-4-2;/h1,5-7H2,2-4H3;2*1,3-4H2,2H3;. The van der Waals surface area contributed by atoms with E-state index in [0.717, 1.165) is 0 Å². The average molecular weight is 362 g/mol. The molecule has 0 rings (SSSR count). The third-order valence-corrected chi connectivity index (χ3v) is 14.4. The van der Waals surface area contributed by atoms with Crippen LogP contribution in [-0.4, -0.2) is 27.8 Å². The molecule has 0 atom stereocenters. The van der Waals surface area contributed by atoms with Gasteiger partial charge in [0.25, 0.3) is 0 Å². The maximum absolute atomic E-state index is 2.51. The minimum absolute atomic E-state index is 0.758. The van der Waals surface area contributed by atoms with Crippen molar-refractivity contribution in [2.75, 3.05) is 0 Å². The molecule has 0 spiro atoms. The van der Waals surface area contributed by atoms with Crippen LogP contribution in [0.1, 0.15) is 52.4 Å². The van der Waals surface area contributed by atoms with Crippen LogP contribution >= 0.6 is 0 Å². The van der Waals surface area contributed by atoms with Crippen LogP contribution in [0.4, 0.5) is 0 Å². The Bertz CT molecular complexity index is 155. The summed E-state index contributed by atoms with van der Waals surface area (Å²) < 4.78 is 5.07. The van der Waals surface area contributed by atoms with Gasteiger partial charge in [-0.1, -0.05) is 0 Å². The van der Waals surface area contributed by atoms with Gasteiger partial charge in [0.2, 0.25) is 0 Å². The Kier molecular flexibility index (Phi) is 11.5. The van der Waals surface area contributed by atoms with Gasteiger partial charge in [0.05, 0.1) is 0 Å². The zero-order chi connectivity index (χ0) is 13.1. The number of hydrogen-bond donors (Lipinski definition) is 0. The van der Waals surface area contributed by atoms with Gasteiger partial charge < -0.3 is 0 Å². The van der Waals surface area contributed by atoms with Crippen molar-refractivity contribution in [1.29, 1.82) is 0 Å². The Morgan fingerprint density at radius 1 is 0.706 bits per heavy atom. The van der Waals surface area contributed by atoms with E-state index in [-0.39, 0.29) is 0 Å².